The van der Waals surface area contributed by atoms with Crippen LogP contribution in [0.5, 0.6) is 5.75 Å². The largest absolute Gasteiger partial charge is 0.504 e. The number of nitrogens with zero attached hydrogens (tertiary/aromatic N) is 9. The van der Waals surface area contributed by atoms with Crippen molar-refractivity contribution in [2.45, 2.75) is 56.9 Å². The van der Waals surface area contributed by atoms with Crippen LogP contribution in [0, 0.1) is 6.92 Å². The van der Waals surface area contributed by atoms with E-state index in [-0.39, 0.29) is 57.9 Å². The Bertz CT molecular complexity index is 2610. The standard InChI is InChI=1S/C40H39ClF4N10O6/c1-21-34(57)32(47-20-46-21)37(59)53-10-9-39(29(42)16-53)31-33(22(2)61-39)54(17-30(56)48-28-8-5-24(15-27(28)41)40(43,44)45)38-49-35(50-55(38)36(31)58)23-3-6-25(7-4-23)51-11-13-52(14-12-51)26-18-60-19-26/h3-8,15,20,22,26,29,57H,9-14,16-19H2,1-2H3,(H,48,56). The molecular weight excluding hydrogens is 828 g/mol. The van der Waals surface area contributed by atoms with Gasteiger partial charge < -0.3 is 34.3 Å². The maximum absolute atomic E-state index is 16.9. The van der Waals surface area contributed by atoms with E-state index in [9.17, 15) is 32.7 Å². The summed E-state index contributed by atoms with van der Waals surface area (Å²) in [6.07, 6.45) is -6.70. The van der Waals surface area contributed by atoms with E-state index in [4.69, 9.17) is 26.1 Å². The van der Waals surface area contributed by atoms with Crippen molar-refractivity contribution in [1.82, 2.24) is 38.9 Å². The quantitative estimate of drug-likeness (QED) is 0.222. The van der Waals surface area contributed by atoms with Crippen LogP contribution in [-0.4, -0.2) is 121 Å². The van der Waals surface area contributed by atoms with Crippen LogP contribution in [0.25, 0.3) is 17.2 Å². The summed E-state index contributed by atoms with van der Waals surface area (Å²) in [5.74, 6) is -1.86. The number of nitrogens with one attached hydrogen (secondary N) is 1. The lowest BCUT2D eigenvalue weighted by Crippen LogP contribution is -2.56. The minimum Gasteiger partial charge on any atom is -0.504 e. The molecule has 2 aromatic carbocycles. The highest BCUT2D eigenvalue weighted by Gasteiger charge is 2.56. The number of alkyl halides is 4. The van der Waals surface area contributed by atoms with Gasteiger partial charge in [0.1, 0.15) is 18.5 Å². The van der Waals surface area contributed by atoms with Crippen molar-refractivity contribution in [2.24, 2.45) is 0 Å². The summed E-state index contributed by atoms with van der Waals surface area (Å²) in [7, 11) is 0. The molecule has 0 bridgehead atoms. The van der Waals surface area contributed by atoms with Crippen LogP contribution in [0.15, 0.2) is 53.6 Å². The van der Waals surface area contributed by atoms with Gasteiger partial charge in [0.15, 0.2) is 23.4 Å². The molecule has 3 fully saturated rings. The lowest BCUT2D eigenvalue weighted by molar-refractivity contribution is -0.143. The summed E-state index contributed by atoms with van der Waals surface area (Å²) in [5.41, 5.74) is -2.30. The number of hydrogen-bond acceptors (Lipinski definition) is 12. The smallest absolute Gasteiger partial charge is 0.416 e. The molecule has 0 radical (unpaired) electrons. The Morgan fingerprint density at radius 1 is 1.05 bits per heavy atom. The highest BCUT2D eigenvalue weighted by atomic mass is 35.5. The molecule has 21 heteroatoms. The van der Waals surface area contributed by atoms with Crippen molar-refractivity contribution in [3.8, 4) is 17.1 Å². The van der Waals surface area contributed by atoms with Crippen LogP contribution in [0.4, 0.5) is 28.9 Å². The second kappa shape index (κ2) is 15.3. The number of carbonyl (C=O) groups is 2. The lowest BCUT2D eigenvalue weighted by Gasteiger charge is -2.43. The van der Waals surface area contributed by atoms with Crippen molar-refractivity contribution < 1.29 is 41.7 Å². The van der Waals surface area contributed by atoms with Crippen molar-refractivity contribution in [2.75, 3.05) is 62.7 Å². The van der Waals surface area contributed by atoms with Gasteiger partial charge in [0.05, 0.1) is 65.1 Å². The summed E-state index contributed by atoms with van der Waals surface area (Å²) in [6.45, 7) is 6.88. The molecule has 0 saturated carbocycles. The van der Waals surface area contributed by atoms with E-state index < -0.39 is 65.8 Å². The number of ether oxygens (including phenoxy) is 2. The first kappa shape index (κ1) is 40.7. The van der Waals surface area contributed by atoms with Crippen LogP contribution >= 0.6 is 11.6 Å². The molecule has 4 aliphatic heterocycles. The molecule has 0 aliphatic carbocycles. The fourth-order valence-electron chi connectivity index (χ4n) is 8.59. The number of halogens is 5. The number of rotatable bonds is 7. The first-order valence-corrected chi connectivity index (χ1v) is 20.0. The van der Waals surface area contributed by atoms with Gasteiger partial charge in [-0.3, -0.25) is 19.3 Å². The van der Waals surface area contributed by atoms with Gasteiger partial charge in [-0.15, -0.1) is 5.10 Å². The number of hydrogen-bond donors (Lipinski definition) is 2. The van der Waals surface area contributed by atoms with E-state index in [1.807, 2.05) is 24.3 Å². The summed E-state index contributed by atoms with van der Waals surface area (Å²) in [6, 6.07) is 10.5. The summed E-state index contributed by atoms with van der Waals surface area (Å²) in [5, 5.41) is 17.2. The van der Waals surface area contributed by atoms with Gasteiger partial charge in [0.25, 0.3) is 11.5 Å². The number of piperidine rings is 1. The summed E-state index contributed by atoms with van der Waals surface area (Å²) < 4.78 is 71.0. The first-order valence-electron chi connectivity index (χ1n) is 19.6. The zero-order valence-corrected chi connectivity index (χ0v) is 33.6. The summed E-state index contributed by atoms with van der Waals surface area (Å²) >= 11 is 6.17. The molecule has 4 aliphatic rings. The fourth-order valence-corrected chi connectivity index (χ4v) is 8.82. The lowest BCUT2D eigenvalue weighted by atomic mass is 9.83. The molecule has 61 heavy (non-hydrogen) atoms. The monoisotopic (exact) mass is 866 g/mol. The number of aromatic nitrogens is 6. The van der Waals surface area contributed by atoms with E-state index in [1.54, 1.807) is 6.92 Å². The zero-order valence-electron chi connectivity index (χ0n) is 32.8. The Labute approximate surface area is 349 Å². The van der Waals surface area contributed by atoms with Crippen LogP contribution in [0.1, 0.15) is 52.5 Å². The van der Waals surface area contributed by atoms with Gasteiger partial charge in [-0.25, -0.2) is 14.4 Å². The van der Waals surface area contributed by atoms with Crippen LogP contribution in [0.3, 0.4) is 0 Å². The zero-order chi connectivity index (χ0) is 43.0. The maximum atomic E-state index is 16.9. The molecule has 1 spiro atoms. The number of aryl methyl sites for hydroxylation is 1. The van der Waals surface area contributed by atoms with Gasteiger partial charge in [-0.05, 0) is 56.3 Å². The van der Waals surface area contributed by atoms with Crippen LogP contribution in [0.2, 0.25) is 5.02 Å². The number of benzene rings is 2. The summed E-state index contributed by atoms with van der Waals surface area (Å²) in [4.78, 5) is 60.2. The average Bonchev–Trinajstić information content (AvgIpc) is 3.79. The molecule has 2 N–H and O–H groups in total. The number of aromatic hydroxyl groups is 1. The Hall–Kier alpha value is -5.70. The predicted octanol–water partition coefficient (Wildman–Crippen LogP) is 4.36. The van der Waals surface area contributed by atoms with Gasteiger partial charge >= 0.3 is 6.18 Å². The third kappa shape index (κ3) is 7.13. The van der Waals surface area contributed by atoms with Gasteiger partial charge in [0, 0.05) is 50.4 Å². The Morgan fingerprint density at radius 3 is 2.44 bits per heavy atom. The topological polar surface area (TPSA) is 173 Å². The molecule has 7 heterocycles. The highest BCUT2D eigenvalue weighted by molar-refractivity contribution is 6.33. The average molecular weight is 867 g/mol. The molecular formula is C40H39ClF4N10O6. The van der Waals surface area contributed by atoms with Crippen molar-refractivity contribution in [3.63, 3.8) is 0 Å². The van der Waals surface area contributed by atoms with Gasteiger partial charge in [0.2, 0.25) is 11.7 Å². The number of likely N-dealkylation sites (tertiary alicyclic amines) is 1. The first-order chi connectivity index (χ1) is 29.1. The Morgan fingerprint density at radius 2 is 1.79 bits per heavy atom. The van der Waals surface area contributed by atoms with E-state index >= 15 is 4.39 Å². The maximum Gasteiger partial charge on any atom is 0.416 e. The minimum absolute atomic E-state index is 0.0716. The molecule has 5 aromatic rings. The Balaban J connectivity index is 1.06. The van der Waals surface area contributed by atoms with Crippen LogP contribution in [-0.2, 0) is 32.6 Å². The SMILES string of the molecule is Cc1ncnc(C(=O)N2CCC3(OC(C)c4c3c(=O)n3nc(-c5ccc(N6CCN(C7COC7)CC6)cc5)nc3n4CC(=O)Nc3ccc(C(F)(F)F)cc3Cl)C(F)C2)c1O. The predicted molar refractivity (Wildman–Crippen MR) is 211 cm³/mol. The number of amides is 2. The second-order valence-corrected chi connectivity index (χ2v) is 16.0. The molecule has 3 saturated heterocycles. The fraction of sp³-hybridized carbons (Fsp3) is 0.425. The number of anilines is 2. The molecule has 320 valence electrons. The van der Waals surface area contributed by atoms with Gasteiger partial charge in [-0.1, -0.05) is 11.6 Å². The molecule has 9 rings (SSSR count). The molecule has 3 atom stereocenters. The van der Waals surface area contributed by atoms with E-state index in [0.29, 0.717) is 17.7 Å². The number of carbonyl (C=O) groups excluding carboxylic acids is 2. The third-order valence-corrected chi connectivity index (χ3v) is 12.2. The molecule has 3 unspecified atom stereocenters. The second-order valence-electron chi connectivity index (χ2n) is 15.6. The third-order valence-electron chi connectivity index (χ3n) is 11.9. The van der Waals surface area contributed by atoms with Crippen molar-refractivity contribution >= 4 is 40.6 Å². The van der Waals surface area contributed by atoms with Gasteiger partial charge in [-0.2, -0.15) is 22.7 Å². The highest BCUT2D eigenvalue weighted by Crippen LogP contribution is 2.49. The van der Waals surface area contributed by atoms with Crippen LogP contribution < -0.4 is 15.8 Å². The minimum atomic E-state index is -4.67. The van der Waals surface area contributed by atoms with E-state index in [2.05, 4.69) is 30.2 Å². The Kier molecular flexibility index (Phi) is 10.2. The van der Waals surface area contributed by atoms with E-state index in [0.717, 1.165) is 68.1 Å². The normalized spacial score (nSPS) is 22.1. The molecule has 2 amide bonds. The number of piperazine rings is 1. The molecule has 16 nitrogen and oxygen atoms in total. The molecule has 3 aromatic heterocycles. The van der Waals surface area contributed by atoms with Crippen molar-refractivity contribution in [1.29, 1.82) is 0 Å². The van der Waals surface area contributed by atoms with Crippen molar-refractivity contribution in [3.05, 3.63) is 92.4 Å². The number of fused-ring (bicyclic) bond motifs is 3. The van der Waals surface area contributed by atoms with E-state index in [1.165, 1.54) is 16.4 Å².